The second kappa shape index (κ2) is 8.48. The van der Waals surface area contributed by atoms with Gasteiger partial charge in [0.2, 0.25) is 0 Å². The first-order valence-electron chi connectivity index (χ1n) is 8.29. The maximum atomic E-state index is 12.2. The van der Waals surface area contributed by atoms with Gasteiger partial charge < -0.3 is 9.84 Å². The largest absolute Gasteiger partial charge is 0.492 e. The van der Waals surface area contributed by atoms with Gasteiger partial charge in [-0.2, -0.15) is 0 Å². The van der Waals surface area contributed by atoms with Crippen molar-refractivity contribution >= 4 is 15.8 Å². The number of ether oxygens (including phenoxy) is 1. The summed E-state index contributed by atoms with van der Waals surface area (Å²) in [7, 11) is -3.60. The quantitative estimate of drug-likeness (QED) is 0.768. The molecule has 0 saturated carbocycles. The predicted octanol–water partition coefficient (Wildman–Crippen LogP) is 2.05. The van der Waals surface area contributed by atoms with Crippen LogP contribution in [-0.2, 0) is 14.6 Å². The molecule has 0 radical (unpaired) electrons. The van der Waals surface area contributed by atoms with E-state index in [0.717, 1.165) is 19.6 Å². The Labute approximate surface area is 143 Å². The molecule has 1 aliphatic rings. The van der Waals surface area contributed by atoms with Crippen molar-refractivity contribution in [3.63, 3.8) is 0 Å². The second-order valence-corrected chi connectivity index (χ2v) is 8.28. The molecule has 2 rings (SSSR count). The van der Waals surface area contributed by atoms with Gasteiger partial charge >= 0.3 is 5.97 Å². The smallest absolute Gasteiger partial charge is 0.307 e. The van der Waals surface area contributed by atoms with Crippen LogP contribution in [0.15, 0.2) is 29.2 Å². The lowest BCUT2D eigenvalue weighted by atomic mass is 10.1. The first-order chi connectivity index (χ1) is 11.4. The molecule has 134 valence electrons. The van der Waals surface area contributed by atoms with Crippen molar-refractivity contribution in [2.24, 2.45) is 5.92 Å². The van der Waals surface area contributed by atoms with E-state index in [1.165, 1.54) is 38.3 Å². The Balaban J connectivity index is 1.86. The monoisotopic (exact) mass is 355 g/mol. The third kappa shape index (κ3) is 5.49. The molecule has 24 heavy (non-hydrogen) atoms. The SMILES string of the molecule is CC(CS(=O)(=O)c1ccc(OCCN2CCCCC2)cc1)C(=O)O. The summed E-state index contributed by atoms with van der Waals surface area (Å²) < 4.78 is 30.0. The zero-order chi connectivity index (χ0) is 17.6. The summed E-state index contributed by atoms with van der Waals surface area (Å²) in [6, 6.07) is 6.18. The Morgan fingerprint density at radius 2 is 1.83 bits per heavy atom. The summed E-state index contributed by atoms with van der Waals surface area (Å²) >= 11 is 0. The molecule has 0 amide bonds. The molecule has 1 heterocycles. The minimum atomic E-state index is -3.60. The Bertz CT molecular complexity index is 635. The van der Waals surface area contributed by atoms with Gasteiger partial charge in [-0.3, -0.25) is 9.69 Å². The number of nitrogens with zero attached hydrogens (tertiary/aromatic N) is 1. The average Bonchev–Trinajstić information content (AvgIpc) is 2.56. The lowest BCUT2D eigenvalue weighted by molar-refractivity contribution is -0.140. The Hall–Kier alpha value is -1.60. The van der Waals surface area contributed by atoms with Gasteiger partial charge in [0.05, 0.1) is 16.6 Å². The van der Waals surface area contributed by atoms with Gasteiger partial charge in [0.15, 0.2) is 9.84 Å². The molecule has 1 N–H and O–H groups in total. The lowest BCUT2D eigenvalue weighted by Crippen LogP contribution is -2.33. The van der Waals surface area contributed by atoms with Crippen molar-refractivity contribution in [3.05, 3.63) is 24.3 Å². The zero-order valence-corrected chi connectivity index (χ0v) is 14.8. The van der Waals surface area contributed by atoms with Crippen LogP contribution in [-0.4, -0.2) is 56.4 Å². The second-order valence-electron chi connectivity index (χ2n) is 6.24. The van der Waals surface area contributed by atoms with Crippen LogP contribution in [0.5, 0.6) is 5.75 Å². The van der Waals surface area contributed by atoms with E-state index in [4.69, 9.17) is 9.84 Å². The number of hydrogen-bond acceptors (Lipinski definition) is 5. The first-order valence-corrected chi connectivity index (χ1v) is 9.94. The van der Waals surface area contributed by atoms with Crippen molar-refractivity contribution in [2.75, 3.05) is 32.0 Å². The average molecular weight is 355 g/mol. The molecule has 1 atom stereocenters. The zero-order valence-electron chi connectivity index (χ0n) is 14.0. The fourth-order valence-electron chi connectivity index (χ4n) is 2.72. The summed E-state index contributed by atoms with van der Waals surface area (Å²) in [6.07, 6.45) is 3.77. The molecule has 0 bridgehead atoms. The highest BCUT2D eigenvalue weighted by Gasteiger charge is 2.22. The van der Waals surface area contributed by atoms with Gasteiger partial charge in [0, 0.05) is 6.54 Å². The number of carboxylic acids is 1. The minimum Gasteiger partial charge on any atom is -0.492 e. The predicted molar refractivity (Wildman–Crippen MR) is 91.1 cm³/mol. The summed E-state index contributed by atoms with van der Waals surface area (Å²) in [6.45, 7) is 5.06. The normalized spacial score (nSPS) is 17.4. The Kier molecular flexibility index (Phi) is 6.62. The maximum absolute atomic E-state index is 12.2. The standard InChI is InChI=1S/C17H25NO5S/c1-14(17(19)20)13-24(21,22)16-7-5-15(6-8-16)23-12-11-18-9-3-2-4-10-18/h5-8,14H,2-4,9-13H2,1H3,(H,19,20). The third-order valence-corrected chi connectivity index (χ3v) is 6.13. The molecule has 0 spiro atoms. The maximum Gasteiger partial charge on any atom is 0.307 e. The van der Waals surface area contributed by atoms with E-state index in [2.05, 4.69) is 4.90 Å². The van der Waals surface area contributed by atoms with Crippen LogP contribution in [0.3, 0.4) is 0 Å². The summed E-state index contributed by atoms with van der Waals surface area (Å²) in [5.41, 5.74) is 0. The van der Waals surface area contributed by atoms with Gasteiger partial charge in [-0.15, -0.1) is 0 Å². The summed E-state index contributed by atoms with van der Waals surface area (Å²) in [5.74, 6) is -1.83. The summed E-state index contributed by atoms with van der Waals surface area (Å²) in [5, 5.41) is 8.85. The number of piperidine rings is 1. The van der Waals surface area contributed by atoms with Crippen LogP contribution in [0.25, 0.3) is 0 Å². The first kappa shape index (κ1) is 18.7. The number of rotatable bonds is 8. The molecule has 1 unspecified atom stereocenters. The lowest BCUT2D eigenvalue weighted by Gasteiger charge is -2.26. The number of benzene rings is 1. The van der Waals surface area contributed by atoms with Gasteiger partial charge in [0.1, 0.15) is 12.4 Å². The van der Waals surface area contributed by atoms with E-state index in [0.29, 0.717) is 12.4 Å². The van der Waals surface area contributed by atoms with Crippen molar-refractivity contribution in [2.45, 2.75) is 31.1 Å². The van der Waals surface area contributed by atoms with Crippen LogP contribution in [0, 0.1) is 5.92 Å². The topological polar surface area (TPSA) is 83.9 Å². The highest BCUT2D eigenvalue weighted by atomic mass is 32.2. The number of carboxylic acid groups (broad SMARTS) is 1. The van der Waals surface area contributed by atoms with E-state index in [-0.39, 0.29) is 4.90 Å². The van der Waals surface area contributed by atoms with E-state index >= 15 is 0 Å². The number of sulfone groups is 1. The van der Waals surface area contributed by atoms with Gasteiger partial charge in [-0.1, -0.05) is 13.3 Å². The molecule has 1 aromatic carbocycles. The molecule has 1 aromatic rings. The minimum absolute atomic E-state index is 0.124. The number of likely N-dealkylation sites (tertiary alicyclic amines) is 1. The molecule has 1 saturated heterocycles. The van der Waals surface area contributed by atoms with Crippen LogP contribution >= 0.6 is 0 Å². The Morgan fingerprint density at radius 3 is 2.42 bits per heavy atom. The molecule has 7 heteroatoms. The molecule has 0 aliphatic carbocycles. The molecular weight excluding hydrogens is 330 g/mol. The third-order valence-electron chi connectivity index (χ3n) is 4.20. The fourth-order valence-corrected chi connectivity index (χ4v) is 4.26. The number of aliphatic carboxylic acids is 1. The summed E-state index contributed by atoms with van der Waals surface area (Å²) in [4.78, 5) is 13.3. The van der Waals surface area contributed by atoms with Gasteiger partial charge in [-0.25, -0.2) is 8.42 Å². The molecule has 1 aliphatic heterocycles. The van der Waals surface area contributed by atoms with E-state index in [1.807, 2.05) is 0 Å². The highest BCUT2D eigenvalue weighted by Crippen LogP contribution is 2.19. The van der Waals surface area contributed by atoms with E-state index in [9.17, 15) is 13.2 Å². The highest BCUT2D eigenvalue weighted by molar-refractivity contribution is 7.91. The van der Waals surface area contributed by atoms with Crippen LogP contribution in [0.2, 0.25) is 0 Å². The van der Waals surface area contributed by atoms with Crippen molar-refractivity contribution < 1.29 is 23.1 Å². The Morgan fingerprint density at radius 1 is 1.21 bits per heavy atom. The van der Waals surface area contributed by atoms with Crippen LogP contribution in [0.1, 0.15) is 26.2 Å². The van der Waals surface area contributed by atoms with E-state index < -0.39 is 27.5 Å². The van der Waals surface area contributed by atoms with Gasteiger partial charge in [-0.05, 0) is 50.2 Å². The van der Waals surface area contributed by atoms with Crippen molar-refractivity contribution in [1.82, 2.24) is 4.90 Å². The van der Waals surface area contributed by atoms with Gasteiger partial charge in [0.25, 0.3) is 0 Å². The number of hydrogen-bond donors (Lipinski definition) is 1. The fraction of sp³-hybridized carbons (Fsp3) is 0.588. The van der Waals surface area contributed by atoms with Crippen LogP contribution < -0.4 is 4.74 Å². The van der Waals surface area contributed by atoms with E-state index in [1.54, 1.807) is 12.1 Å². The van der Waals surface area contributed by atoms with Crippen molar-refractivity contribution in [3.8, 4) is 5.75 Å². The molecule has 1 fully saturated rings. The van der Waals surface area contributed by atoms with Crippen molar-refractivity contribution in [1.29, 1.82) is 0 Å². The number of carbonyl (C=O) groups is 1. The molecule has 0 aromatic heterocycles. The molecule has 6 nitrogen and oxygen atoms in total. The van der Waals surface area contributed by atoms with Crippen LogP contribution in [0.4, 0.5) is 0 Å². The molecular formula is C17H25NO5S.